The normalized spacial score (nSPS) is 17.8. The average Bonchev–Trinajstić information content (AvgIpc) is 3.24. The van der Waals surface area contributed by atoms with Gasteiger partial charge in [-0.15, -0.1) is 0 Å². The van der Waals surface area contributed by atoms with Gasteiger partial charge >= 0.3 is 5.97 Å². The molecule has 2 aromatic rings. The number of nitro groups is 1. The average molecular weight is 426 g/mol. The summed E-state index contributed by atoms with van der Waals surface area (Å²) in [5, 5.41) is 13.4. The van der Waals surface area contributed by atoms with Crippen molar-refractivity contribution >= 4 is 29.2 Å². The number of hydrogen-bond acceptors (Lipinski definition) is 7. The fraction of sp³-hybridized carbons (Fsp3) is 0.286. The molecule has 1 fully saturated rings. The number of hydrogen-bond donors (Lipinski definition) is 2. The van der Waals surface area contributed by atoms with E-state index in [1.165, 1.54) is 24.3 Å². The zero-order valence-electron chi connectivity index (χ0n) is 16.7. The van der Waals surface area contributed by atoms with Crippen molar-refractivity contribution < 1.29 is 24.0 Å². The van der Waals surface area contributed by atoms with E-state index in [1.54, 1.807) is 24.3 Å². The molecule has 2 aromatic carbocycles. The number of nitro benzene ring substituents is 1. The maximum atomic E-state index is 13.3. The van der Waals surface area contributed by atoms with Gasteiger partial charge in [0.1, 0.15) is 6.61 Å². The van der Waals surface area contributed by atoms with Gasteiger partial charge in [0.15, 0.2) is 0 Å². The first-order valence-corrected chi connectivity index (χ1v) is 9.66. The SMILES string of the molecule is NCC(=O)N1CCC[C@]1(C(=O)Nc1ccc([N+](=O)[O-])cc1)C(=O)OCc1ccccc1. The number of rotatable bonds is 7. The molecule has 10 heteroatoms. The molecule has 2 amide bonds. The molecule has 1 atom stereocenters. The van der Waals surface area contributed by atoms with Gasteiger partial charge in [0.2, 0.25) is 11.4 Å². The van der Waals surface area contributed by atoms with Crippen molar-refractivity contribution in [3.05, 3.63) is 70.3 Å². The lowest BCUT2D eigenvalue weighted by molar-refractivity contribution is -0.384. The number of nitrogens with zero attached hydrogens (tertiary/aromatic N) is 2. The fourth-order valence-corrected chi connectivity index (χ4v) is 3.55. The van der Waals surface area contributed by atoms with Gasteiger partial charge in [0.25, 0.3) is 11.6 Å². The summed E-state index contributed by atoms with van der Waals surface area (Å²) >= 11 is 0. The van der Waals surface area contributed by atoms with Crippen LogP contribution in [0, 0.1) is 10.1 Å². The second-order valence-corrected chi connectivity index (χ2v) is 7.03. The lowest BCUT2D eigenvalue weighted by atomic mass is 9.94. The van der Waals surface area contributed by atoms with Crippen LogP contribution in [0.5, 0.6) is 0 Å². The van der Waals surface area contributed by atoms with E-state index in [0.717, 1.165) is 10.5 Å². The smallest absolute Gasteiger partial charge is 0.342 e. The number of carbonyl (C=O) groups is 3. The van der Waals surface area contributed by atoms with E-state index in [-0.39, 0.29) is 37.5 Å². The van der Waals surface area contributed by atoms with Crippen molar-refractivity contribution in [1.29, 1.82) is 0 Å². The number of esters is 1. The van der Waals surface area contributed by atoms with Gasteiger partial charge in [0, 0.05) is 24.4 Å². The number of amides is 2. The number of non-ortho nitro benzene ring substituents is 1. The quantitative estimate of drug-likeness (QED) is 0.296. The summed E-state index contributed by atoms with van der Waals surface area (Å²) in [6.07, 6.45) is 0.491. The highest BCUT2D eigenvalue weighted by atomic mass is 16.6. The van der Waals surface area contributed by atoms with Crippen LogP contribution < -0.4 is 11.1 Å². The van der Waals surface area contributed by atoms with Gasteiger partial charge in [0.05, 0.1) is 11.5 Å². The summed E-state index contributed by atoms with van der Waals surface area (Å²) < 4.78 is 5.43. The second-order valence-electron chi connectivity index (χ2n) is 7.03. The Morgan fingerprint density at radius 1 is 1.13 bits per heavy atom. The molecule has 10 nitrogen and oxygen atoms in total. The number of nitrogens with one attached hydrogen (secondary N) is 1. The Labute approximate surface area is 178 Å². The highest BCUT2D eigenvalue weighted by Gasteiger charge is 2.56. The third-order valence-corrected chi connectivity index (χ3v) is 5.12. The van der Waals surface area contributed by atoms with Crippen LogP contribution in [0.2, 0.25) is 0 Å². The summed E-state index contributed by atoms with van der Waals surface area (Å²) in [7, 11) is 0. The number of nitrogens with two attached hydrogens (primary N) is 1. The molecular weight excluding hydrogens is 404 g/mol. The Balaban J connectivity index is 1.86. The number of ether oxygens (including phenoxy) is 1. The summed E-state index contributed by atoms with van der Waals surface area (Å²) in [5.41, 5.74) is 4.47. The van der Waals surface area contributed by atoms with Gasteiger partial charge in [-0.2, -0.15) is 0 Å². The zero-order valence-corrected chi connectivity index (χ0v) is 16.7. The molecule has 3 rings (SSSR count). The number of likely N-dealkylation sites (tertiary alicyclic amines) is 1. The maximum absolute atomic E-state index is 13.3. The largest absolute Gasteiger partial charge is 0.459 e. The third-order valence-electron chi connectivity index (χ3n) is 5.12. The van der Waals surface area contributed by atoms with Crippen LogP contribution in [0.3, 0.4) is 0 Å². The molecule has 162 valence electrons. The first kappa shape index (κ1) is 21.9. The van der Waals surface area contributed by atoms with E-state index in [9.17, 15) is 24.5 Å². The van der Waals surface area contributed by atoms with Crippen LogP contribution >= 0.6 is 0 Å². The minimum Gasteiger partial charge on any atom is -0.459 e. The van der Waals surface area contributed by atoms with Crippen molar-refractivity contribution in [1.82, 2.24) is 4.90 Å². The maximum Gasteiger partial charge on any atom is 0.342 e. The van der Waals surface area contributed by atoms with Crippen molar-refractivity contribution in [2.24, 2.45) is 5.73 Å². The minimum atomic E-state index is -1.87. The summed E-state index contributed by atoms with van der Waals surface area (Å²) in [4.78, 5) is 50.2. The van der Waals surface area contributed by atoms with Gasteiger partial charge in [-0.3, -0.25) is 19.7 Å². The van der Waals surface area contributed by atoms with E-state index in [2.05, 4.69) is 5.32 Å². The summed E-state index contributed by atoms with van der Waals surface area (Å²) in [6.45, 7) is -0.237. The van der Waals surface area contributed by atoms with Crippen LogP contribution in [-0.4, -0.2) is 46.2 Å². The van der Waals surface area contributed by atoms with Gasteiger partial charge < -0.3 is 20.7 Å². The molecule has 0 bridgehead atoms. The van der Waals surface area contributed by atoms with E-state index < -0.39 is 28.2 Å². The monoisotopic (exact) mass is 426 g/mol. The molecule has 1 aliphatic heterocycles. The van der Waals surface area contributed by atoms with Crippen molar-refractivity contribution in [3.63, 3.8) is 0 Å². The van der Waals surface area contributed by atoms with Crippen LogP contribution in [-0.2, 0) is 25.7 Å². The van der Waals surface area contributed by atoms with Gasteiger partial charge in [-0.25, -0.2) is 4.79 Å². The van der Waals surface area contributed by atoms with Gasteiger partial charge in [-0.1, -0.05) is 30.3 Å². The number of benzene rings is 2. The Hall–Kier alpha value is -3.79. The Morgan fingerprint density at radius 3 is 2.42 bits per heavy atom. The molecule has 0 aromatic heterocycles. The van der Waals surface area contributed by atoms with Crippen molar-refractivity contribution in [3.8, 4) is 0 Å². The molecule has 31 heavy (non-hydrogen) atoms. The predicted octanol–water partition coefficient (Wildman–Crippen LogP) is 1.60. The van der Waals surface area contributed by atoms with Crippen LogP contribution in [0.1, 0.15) is 18.4 Å². The Kier molecular flexibility index (Phi) is 6.61. The van der Waals surface area contributed by atoms with Gasteiger partial charge in [-0.05, 0) is 30.5 Å². The molecule has 3 N–H and O–H groups in total. The minimum absolute atomic E-state index is 0.0586. The topological polar surface area (TPSA) is 145 Å². The van der Waals surface area contributed by atoms with E-state index in [1.807, 2.05) is 6.07 Å². The van der Waals surface area contributed by atoms with Crippen molar-refractivity contribution in [2.45, 2.75) is 25.0 Å². The molecule has 0 unspecified atom stereocenters. The molecule has 1 saturated heterocycles. The zero-order chi connectivity index (χ0) is 22.4. The molecule has 0 aliphatic carbocycles. The second kappa shape index (κ2) is 9.35. The molecule has 1 heterocycles. The Morgan fingerprint density at radius 2 is 1.81 bits per heavy atom. The lowest BCUT2D eigenvalue weighted by Gasteiger charge is -2.34. The molecule has 0 spiro atoms. The number of anilines is 1. The summed E-state index contributed by atoms with van der Waals surface area (Å²) in [5.74, 6) is -2.15. The molecular formula is C21H22N4O6. The molecule has 1 aliphatic rings. The third kappa shape index (κ3) is 4.53. The standard InChI is InChI=1S/C21H22N4O6/c22-13-18(26)24-12-4-11-21(24,20(28)31-14-15-5-2-1-3-6-15)19(27)23-16-7-9-17(10-8-16)25(29)30/h1-3,5-10H,4,11-14,22H2,(H,23,27)/t21-/m0/s1. The first-order valence-electron chi connectivity index (χ1n) is 9.66. The van der Waals surface area contributed by atoms with Crippen molar-refractivity contribution in [2.75, 3.05) is 18.4 Å². The highest BCUT2D eigenvalue weighted by Crippen LogP contribution is 2.33. The Bertz CT molecular complexity index is 979. The van der Waals surface area contributed by atoms with Crippen LogP contribution in [0.4, 0.5) is 11.4 Å². The van der Waals surface area contributed by atoms with Crippen LogP contribution in [0.15, 0.2) is 54.6 Å². The number of carbonyl (C=O) groups excluding carboxylic acids is 3. The van der Waals surface area contributed by atoms with E-state index in [0.29, 0.717) is 6.42 Å². The fourth-order valence-electron chi connectivity index (χ4n) is 3.55. The van der Waals surface area contributed by atoms with E-state index >= 15 is 0 Å². The molecule has 0 saturated carbocycles. The molecule has 0 radical (unpaired) electrons. The van der Waals surface area contributed by atoms with E-state index in [4.69, 9.17) is 10.5 Å². The highest BCUT2D eigenvalue weighted by molar-refractivity contribution is 6.15. The van der Waals surface area contributed by atoms with Crippen LogP contribution in [0.25, 0.3) is 0 Å². The first-order chi connectivity index (χ1) is 14.9. The predicted molar refractivity (Wildman–Crippen MR) is 111 cm³/mol. The lowest BCUT2D eigenvalue weighted by Crippen LogP contribution is -2.62. The summed E-state index contributed by atoms with van der Waals surface area (Å²) in [6, 6.07) is 14.1.